The quantitative estimate of drug-likeness (QED) is 0.430. The van der Waals surface area contributed by atoms with Crippen molar-refractivity contribution < 1.29 is 14.6 Å². The van der Waals surface area contributed by atoms with Crippen molar-refractivity contribution >= 4 is 6.09 Å². The van der Waals surface area contributed by atoms with Crippen LogP contribution in [-0.4, -0.2) is 30.5 Å². The van der Waals surface area contributed by atoms with Gasteiger partial charge in [0.25, 0.3) is 0 Å². The van der Waals surface area contributed by atoms with E-state index >= 15 is 0 Å². The van der Waals surface area contributed by atoms with Crippen LogP contribution in [0.4, 0.5) is 4.79 Å². The van der Waals surface area contributed by atoms with Crippen molar-refractivity contribution in [2.75, 3.05) is 0 Å². The minimum atomic E-state index is -1.03. The third-order valence-electron chi connectivity index (χ3n) is 7.02. The lowest BCUT2D eigenvalue weighted by molar-refractivity contribution is 0.144. The zero-order chi connectivity index (χ0) is 25.6. The minimum Gasteiger partial charge on any atom is -0.468 e. The highest BCUT2D eigenvalue weighted by molar-refractivity contribution is 5.83. The van der Waals surface area contributed by atoms with E-state index in [2.05, 4.69) is 10.4 Å². The first kappa shape index (κ1) is 22.5. The summed E-state index contributed by atoms with van der Waals surface area (Å²) in [5, 5.41) is 25.3. The molecule has 184 valence electrons. The van der Waals surface area contributed by atoms with E-state index in [1.807, 2.05) is 66.7 Å². The number of ether oxygens (including phenoxy) is 1. The fourth-order valence-corrected chi connectivity index (χ4v) is 5.07. The monoisotopic (exact) mass is 494 g/mol. The molecule has 1 amide bonds. The van der Waals surface area contributed by atoms with Crippen LogP contribution < -0.4 is 15.7 Å². The number of carboxylic acid groups (broad SMARTS) is 1. The highest BCUT2D eigenvalue weighted by atomic mass is 16.5. The maximum atomic E-state index is 13.0. The van der Waals surface area contributed by atoms with Crippen LogP contribution in [0, 0.1) is 11.3 Å². The Morgan fingerprint density at radius 1 is 1.14 bits per heavy atom. The fourth-order valence-electron chi connectivity index (χ4n) is 5.07. The topological polar surface area (TPSA) is 135 Å². The predicted molar refractivity (Wildman–Crippen MR) is 133 cm³/mol. The van der Waals surface area contributed by atoms with Crippen molar-refractivity contribution in [2.24, 2.45) is 0 Å². The molecular formula is C27H22N6O4. The summed E-state index contributed by atoms with van der Waals surface area (Å²) in [5.41, 5.74) is 3.62. The molecule has 2 N–H and O–H groups in total. The van der Waals surface area contributed by atoms with Crippen LogP contribution in [0.15, 0.2) is 65.5 Å². The van der Waals surface area contributed by atoms with Crippen molar-refractivity contribution in [3.05, 3.63) is 82.5 Å². The van der Waals surface area contributed by atoms with E-state index in [1.165, 1.54) is 4.57 Å². The molecule has 10 nitrogen and oxygen atoms in total. The smallest absolute Gasteiger partial charge is 0.405 e. The summed E-state index contributed by atoms with van der Waals surface area (Å²) >= 11 is 0. The molecule has 0 bridgehead atoms. The molecular weight excluding hydrogens is 472 g/mol. The van der Waals surface area contributed by atoms with Gasteiger partial charge >= 0.3 is 11.8 Å². The average molecular weight is 495 g/mol. The summed E-state index contributed by atoms with van der Waals surface area (Å²) in [6.07, 6.45) is 1.46. The number of pyridine rings is 1. The number of hydrogen-bond donors (Lipinski definition) is 2. The van der Waals surface area contributed by atoms with Gasteiger partial charge < -0.3 is 15.2 Å². The molecule has 37 heavy (non-hydrogen) atoms. The summed E-state index contributed by atoms with van der Waals surface area (Å²) in [4.78, 5) is 29.2. The largest absolute Gasteiger partial charge is 0.468 e. The number of hydrogen-bond acceptors (Lipinski definition) is 6. The third-order valence-corrected chi connectivity index (χ3v) is 7.02. The molecule has 0 unspecified atom stereocenters. The number of fused-ring (bicyclic) bond motifs is 3. The standard InChI is InChI=1S/C27H22N6O4/c28-13-14-32-26(36)33-21-15-20(17-5-2-1-3-6-17)23(29-24(21)37-16-22(33)31-32)18-7-9-19(10-8-18)27(11-4-12-27)30-25(34)35/h1-3,5-10,15,30H,4,11-12,14,16H2,(H,34,35). The maximum absolute atomic E-state index is 13.0. The zero-order valence-corrected chi connectivity index (χ0v) is 19.7. The molecule has 3 heterocycles. The van der Waals surface area contributed by atoms with E-state index in [4.69, 9.17) is 15.0 Å². The van der Waals surface area contributed by atoms with Crippen molar-refractivity contribution in [3.63, 3.8) is 0 Å². The lowest BCUT2D eigenvalue weighted by Crippen LogP contribution is -2.50. The van der Waals surface area contributed by atoms with Crippen LogP contribution in [0.3, 0.4) is 0 Å². The normalized spacial score (nSPS) is 14.9. The first-order valence-electron chi connectivity index (χ1n) is 11.9. The zero-order valence-electron chi connectivity index (χ0n) is 19.7. The number of carbonyl (C=O) groups is 1. The number of nitriles is 1. The molecule has 0 atom stereocenters. The second-order valence-electron chi connectivity index (χ2n) is 9.16. The Morgan fingerprint density at radius 2 is 1.89 bits per heavy atom. The van der Waals surface area contributed by atoms with Crippen LogP contribution in [0.5, 0.6) is 5.88 Å². The molecule has 1 aliphatic carbocycles. The number of aromatic nitrogens is 4. The first-order chi connectivity index (χ1) is 18.0. The molecule has 1 aliphatic heterocycles. The highest BCUT2D eigenvalue weighted by Crippen LogP contribution is 2.43. The van der Waals surface area contributed by atoms with Gasteiger partial charge in [-0.1, -0.05) is 54.6 Å². The molecule has 0 saturated heterocycles. The number of amides is 1. The van der Waals surface area contributed by atoms with Gasteiger partial charge in [-0.2, -0.15) is 9.94 Å². The summed E-state index contributed by atoms with van der Waals surface area (Å²) < 4.78 is 8.45. The van der Waals surface area contributed by atoms with Crippen molar-refractivity contribution in [3.8, 4) is 40.0 Å². The fraction of sp³-hybridized carbons (Fsp3) is 0.222. The molecule has 0 radical (unpaired) electrons. The van der Waals surface area contributed by atoms with Gasteiger partial charge in [-0.25, -0.2) is 19.1 Å². The minimum absolute atomic E-state index is 0.0557. The van der Waals surface area contributed by atoms with Crippen LogP contribution >= 0.6 is 0 Å². The molecule has 4 aromatic rings. The lowest BCUT2D eigenvalue weighted by Gasteiger charge is -2.42. The number of benzene rings is 2. The molecule has 1 fully saturated rings. The summed E-state index contributed by atoms with van der Waals surface area (Å²) in [6, 6.07) is 21.3. The molecule has 6 rings (SSSR count). The Kier molecular flexibility index (Phi) is 5.26. The second-order valence-corrected chi connectivity index (χ2v) is 9.16. The molecule has 2 aromatic heterocycles. The van der Waals surface area contributed by atoms with Gasteiger partial charge in [0, 0.05) is 11.1 Å². The van der Waals surface area contributed by atoms with Gasteiger partial charge in [0.05, 0.1) is 17.3 Å². The van der Waals surface area contributed by atoms with Gasteiger partial charge in [0.2, 0.25) is 5.88 Å². The Labute approximate surface area is 211 Å². The van der Waals surface area contributed by atoms with E-state index in [9.17, 15) is 14.7 Å². The van der Waals surface area contributed by atoms with E-state index in [1.54, 1.807) is 0 Å². The maximum Gasteiger partial charge on any atom is 0.405 e. The molecule has 10 heteroatoms. The summed E-state index contributed by atoms with van der Waals surface area (Å²) in [7, 11) is 0. The van der Waals surface area contributed by atoms with Gasteiger partial charge in [0.1, 0.15) is 12.2 Å². The van der Waals surface area contributed by atoms with E-state index < -0.39 is 17.3 Å². The SMILES string of the molecule is N#CCn1nc2n(c1=O)-c1cc(-c3ccccc3)c(-c3ccc(C4(NC(=O)O)CCC4)cc3)nc1OC2. The van der Waals surface area contributed by atoms with Gasteiger partial charge in [-0.05, 0) is 36.5 Å². The summed E-state index contributed by atoms with van der Waals surface area (Å²) in [5.74, 6) is 0.704. The van der Waals surface area contributed by atoms with E-state index in [0.717, 1.165) is 46.2 Å². The van der Waals surface area contributed by atoms with Gasteiger partial charge in [-0.15, -0.1) is 5.10 Å². The van der Waals surface area contributed by atoms with Crippen LogP contribution in [0.1, 0.15) is 30.7 Å². The Bertz CT molecular complexity index is 1610. The molecule has 2 aliphatic rings. The second kappa shape index (κ2) is 8.64. The van der Waals surface area contributed by atoms with Gasteiger partial charge in [-0.3, -0.25) is 0 Å². The van der Waals surface area contributed by atoms with Crippen molar-refractivity contribution in [2.45, 2.75) is 38.0 Å². The van der Waals surface area contributed by atoms with E-state index in [-0.39, 0.29) is 13.2 Å². The summed E-state index contributed by atoms with van der Waals surface area (Å²) in [6.45, 7) is -0.101. The van der Waals surface area contributed by atoms with Crippen molar-refractivity contribution in [1.82, 2.24) is 24.6 Å². The van der Waals surface area contributed by atoms with Crippen LogP contribution in [-0.2, 0) is 18.7 Å². The van der Waals surface area contributed by atoms with Gasteiger partial charge in [0.15, 0.2) is 12.4 Å². The Morgan fingerprint density at radius 3 is 2.54 bits per heavy atom. The van der Waals surface area contributed by atoms with E-state index in [0.29, 0.717) is 23.1 Å². The van der Waals surface area contributed by atoms with Crippen LogP contribution in [0.25, 0.3) is 28.1 Å². The Hall–Kier alpha value is -4.91. The van der Waals surface area contributed by atoms with Crippen molar-refractivity contribution in [1.29, 1.82) is 5.26 Å². The molecule has 0 spiro atoms. The molecule has 2 aromatic carbocycles. The number of nitrogens with one attached hydrogen (secondary N) is 1. The molecule has 1 saturated carbocycles. The third kappa shape index (κ3) is 3.72. The number of nitrogens with zero attached hydrogens (tertiary/aromatic N) is 5. The predicted octanol–water partition coefficient (Wildman–Crippen LogP) is 3.83. The van der Waals surface area contributed by atoms with Crippen LogP contribution in [0.2, 0.25) is 0 Å². The first-order valence-corrected chi connectivity index (χ1v) is 11.9. The Balaban J connectivity index is 1.48. The highest BCUT2D eigenvalue weighted by Gasteiger charge is 2.40. The number of rotatable bonds is 5. The lowest BCUT2D eigenvalue weighted by atomic mass is 9.71. The average Bonchev–Trinajstić information content (AvgIpc) is 3.21.